The summed E-state index contributed by atoms with van der Waals surface area (Å²) in [6.07, 6.45) is -5.08. The number of ether oxygens (including phenoxy) is 1. The number of para-hydroxylation sites is 1. The lowest BCUT2D eigenvalue weighted by molar-refractivity contribution is -0.274. The van der Waals surface area contributed by atoms with Crippen LogP contribution in [0.3, 0.4) is 0 Å². The molecule has 1 aromatic heterocycles. The molecule has 1 unspecified atom stereocenters. The van der Waals surface area contributed by atoms with E-state index in [9.17, 15) is 22.8 Å². The highest BCUT2D eigenvalue weighted by molar-refractivity contribution is 7.99. The molecule has 2 aromatic rings. The van der Waals surface area contributed by atoms with Crippen molar-refractivity contribution in [2.45, 2.75) is 18.7 Å². The van der Waals surface area contributed by atoms with Crippen LogP contribution < -0.4 is 20.5 Å². The van der Waals surface area contributed by atoms with Gasteiger partial charge in [0.15, 0.2) is 0 Å². The zero-order valence-electron chi connectivity index (χ0n) is 15.1. The van der Waals surface area contributed by atoms with Crippen molar-refractivity contribution in [3.05, 3.63) is 45.7 Å². The minimum Gasteiger partial charge on any atom is -0.405 e. The number of amides is 1. The van der Waals surface area contributed by atoms with Gasteiger partial charge in [-0.2, -0.15) is 16.7 Å². The van der Waals surface area contributed by atoms with E-state index in [0.717, 1.165) is 17.6 Å². The zero-order valence-corrected chi connectivity index (χ0v) is 15.9. The summed E-state index contributed by atoms with van der Waals surface area (Å²) in [7, 11) is 0. The normalized spacial score (nSPS) is 19.5. The standard InChI is InChI=1S/C18H17F3N4O3S/c19-18(20,21)28-12-4-2-1-3-10(12)11-9-13(26)22-15-14(11)16(27)24-17(23-15)25-5-7-29-8-6-25/h1-4,11H,5-9H2,(H2,22,23,24,26,27). The molecule has 0 bridgehead atoms. The number of hydrogen-bond donors (Lipinski definition) is 2. The maximum absolute atomic E-state index is 12.9. The molecule has 29 heavy (non-hydrogen) atoms. The molecule has 1 atom stereocenters. The highest BCUT2D eigenvalue weighted by Crippen LogP contribution is 2.40. The number of alkyl halides is 3. The number of aromatic nitrogens is 2. The van der Waals surface area contributed by atoms with Crippen LogP contribution in [-0.2, 0) is 4.79 Å². The Labute approximate surface area is 167 Å². The second kappa shape index (κ2) is 7.62. The Hall–Kier alpha value is -2.69. The predicted octanol–water partition coefficient (Wildman–Crippen LogP) is 2.70. The van der Waals surface area contributed by atoms with Crippen molar-refractivity contribution in [1.29, 1.82) is 0 Å². The minimum absolute atomic E-state index is 0.0741. The molecule has 11 heteroatoms. The number of fused-ring (bicyclic) bond motifs is 1. The average molecular weight is 426 g/mol. The van der Waals surface area contributed by atoms with Crippen LogP contribution in [0, 0.1) is 0 Å². The fraction of sp³-hybridized carbons (Fsp3) is 0.389. The first-order valence-electron chi connectivity index (χ1n) is 8.93. The number of nitrogens with zero attached hydrogens (tertiary/aromatic N) is 2. The molecule has 0 aliphatic carbocycles. The molecule has 2 aliphatic heterocycles. The van der Waals surface area contributed by atoms with Crippen molar-refractivity contribution in [3.8, 4) is 5.75 Å². The Bertz CT molecular complexity index is 989. The number of hydrogen-bond acceptors (Lipinski definition) is 6. The van der Waals surface area contributed by atoms with Gasteiger partial charge in [-0.1, -0.05) is 18.2 Å². The maximum Gasteiger partial charge on any atom is 0.573 e. The van der Waals surface area contributed by atoms with E-state index < -0.39 is 29.5 Å². The molecule has 2 N–H and O–H groups in total. The first kappa shape index (κ1) is 19.6. The van der Waals surface area contributed by atoms with Gasteiger partial charge in [0.05, 0.1) is 5.56 Å². The molecule has 1 aromatic carbocycles. The van der Waals surface area contributed by atoms with Gasteiger partial charge in [0, 0.05) is 42.5 Å². The summed E-state index contributed by atoms with van der Waals surface area (Å²) in [4.78, 5) is 34.2. The van der Waals surface area contributed by atoms with Crippen molar-refractivity contribution in [2.24, 2.45) is 0 Å². The topological polar surface area (TPSA) is 87.3 Å². The Morgan fingerprint density at radius 3 is 2.62 bits per heavy atom. The number of halogens is 3. The van der Waals surface area contributed by atoms with E-state index in [-0.39, 0.29) is 23.4 Å². The van der Waals surface area contributed by atoms with E-state index in [4.69, 9.17) is 0 Å². The number of anilines is 2. The van der Waals surface area contributed by atoms with E-state index in [2.05, 4.69) is 20.0 Å². The van der Waals surface area contributed by atoms with Gasteiger partial charge in [0.1, 0.15) is 11.6 Å². The number of aromatic amines is 1. The second-order valence-corrected chi connectivity index (χ2v) is 7.87. The Balaban J connectivity index is 1.78. The van der Waals surface area contributed by atoms with Crippen LogP contribution in [0.25, 0.3) is 0 Å². The molecule has 1 amide bonds. The van der Waals surface area contributed by atoms with Gasteiger partial charge in [-0.15, -0.1) is 13.2 Å². The van der Waals surface area contributed by atoms with E-state index in [0.29, 0.717) is 19.0 Å². The third-order valence-corrected chi connectivity index (χ3v) is 5.71. The van der Waals surface area contributed by atoms with E-state index in [1.54, 1.807) is 11.8 Å². The Morgan fingerprint density at radius 2 is 1.90 bits per heavy atom. The summed E-state index contributed by atoms with van der Waals surface area (Å²) >= 11 is 1.79. The minimum atomic E-state index is -4.89. The first-order valence-corrected chi connectivity index (χ1v) is 10.1. The van der Waals surface area contributed by atoms with Crippen molar-refractivity contribution in [2.75, 3.05) is 34.8 Å². The van der Waals surface area contributed by atoms with E-state index >= 15 is 0 Å². The summed E-state index contributed by atoms with van der Waals surface area (Å²) < 4.78 is 42.6. The molecule has 1 saturated heterocycles. The molecule has 154 valence electrons. The van der Waals surface area contributed by atoms with Gasteiger partial charge in [-0.05, 0) is 6.07 Å². The van der Waals surface area contributed by atoms with Crippen LogP contribution in [0.5, 0.6) is 5.75 Å². The van der Waals surface area contributed by atoms with Crippen LogP contribution >= 0.6 is 11.8 Å². The molecular formula is C18H17F3N4O3S. The number of H-pyrrole nitrogens is 1. The highest BCUT2D eigenvalue weighted by Gasteiger charge is 2.36. The molecular weight excluding hydrogens is 409 g/mol. The smallest absolute Gasteiger partial charge is 0.405 e. The van der Waals surface area contributed by atoms with E-state index in [1.165, 1.54) is 18.2 Å². The molecule has 2 aliphatic rings. The first-order chi connectivity index (χ1) is 13.8. The average Bonchev–Trinajstić information content (AvgIpc) is 2.67. The fourth-order valence-electron chi connectivity index (χ4n) is 3.54. The summed E-state index contributed by atoms with van der Waals surface area (Å²) in [5.41, 5.74) is -0.261. The van der Waals surface area contributed by atoms with E-state index in [1.807, 2.05) is 4.90 Å². The van der Waals surface area contributed by atoms with Crippen LogP contribution in [0.15, 0.2) is 29.1 Å². The molecule has 0 saturated carbocycles. The fourth-order valence-corrected chi connectivity index (χ4v) is 4.44. The van der Waals surface area contributed by atoms with Crippen molar-refractivity contribution >= 4 is 29.4 Å². The van der Waals surface area contributed by atoms with Crippen molar-refractivity contribution < 1.29 is 22.7 Å². The summed E-state index contributed by atoms with van der Waals surface area (Å²) in [5, 5.41) is 2.58. The summed E-state index contributed by atoms with van der Waals surface area (Å²) in [6.45, 7) is 1.40. The quantitative estimate of drug-likeness (QED) is 0.785. The largest absolute Gasteiger partial charge is 0.573 e. The molecule has 0 spiro atoms. The molecule has 3 heterocycles. The van der Waals surface area contributed by atoms with Crippen molar-refractivity contribution in [1.82, 2.24) is 9.97 Å². The SMILES string of the molecule is O=C1CC(c2ccccc2OC(F)(F)F)c2c(nc(N3CCSCC3)[nH]c2=O)N1. The third kappa shape index (κ3) is 4.19. The maximum atomic E-state index is 12.9. The number of rotatable bonds is 3. The lowest BCUT2D eigenvalue weighted by Gasteiger charge is -2.30. The molecule has 1 fully saturated rings. The Morgan fingerprint density at radius 1 is 1.17 bits per heavy atom. The van der Waals surface area contributed by atoms with Gasteiger partial charge in [-0.25, -0.2) is 0 Å². The number of carbonyl (C=O) groups is 1. The summed E-state index contributed by atoms with van der Waals surface area (Å²) in [5.74, 6) is 0.416. The molecule has 0 radical (unpaired) electrons. The monoisotopic (exact) mass is 426 g/mol. The third-order valence-electron chi connectivity index (χ3n) is 4.77. The number of benzene rings is 1. The van der Waals surface area contributed by atoms with Crippen LogP contribution in [0.4, 0.5) is 24.9 Å². The number of thioether (sulfide) groups is 1. The summed E-state index contributed by atoms with van der Waals surface area (Å²) in [6, 6.07) is 5.51. The molecule has 4 rings (SSSR count). The van der Waals surface area contributed by atoms with Crippen LogP contribution in [0.1, 0.15) is 23.5 Å². The van der Waals surface area contributed by atoms with Gasteiger partial charge < -0.3 is 15.0 Å². The van der Waals surface area contributed by atoms with Crippen LogP contribution in [0.2, 0.25) is 0 Å². The van der Waals surface area contributed by atoms with Gasteiger partial charge in [0.2, 0.25) is 11.9 Å². The Kier molecular flexibility index (Phi) is 5.15. The second-order valence-electron chi connectivity index (χ2n) is 6.64. The highest BCUT2D eigenvalue weighted by atomic mass is 32.2. The van der Waals surface area contributed by atoms with Gasteiger partial charge in [-0.3, -0.25) is 14.6 Å². The van der Waals surface area contributed by atoms with Gasteiger partial charge >= 0.3 is 6.36 Å². The van der Waals surface area contributed by atoms with Crippen molar-refractivity contribution in [3.63, 3.8) is 0 Å². The lowest BCUT2D eigenvalue weighted by Crippen LogP contribution is -2.37. The number of nitrogens with one attached hydrogen (secondary N) is 2. The molecule has 7 nitrogen and oxygen atoms in total. The zero-order chi connectivity index (χ0) is 20.6. The number of carbonyl (C=O) groups excluding carboxylic acids is 1. The lowest BCUT2D eigenvalue weighted by atomic mass is 9.86. The van der Waals surface area contributed by atoms with Crippen LogP contribution in [-0.4, -0.2) is 46.8 Å². The predicted molar refractivity (Wildman–Crippen MR) is 103 cm³/mol. The van der Waals surface area contributed by atoms with Gasteiger partial charge in [0.25, 0.3) is 5.56 Å².